The minimum absolute atomic E-state index is 0.581. The monoisotopic (exact) mass is 419 g/mol. The third-order valence-electron chi connectivity index (χ3n) is 6.59. The van der Waals surface area contributed by atoms with Gasteiger partial charge in [-0.25, -0.2) is 0 Å². The molecule has 1 heteroatoms. The molecule has 32 heavy (non-hydrogen) atoms. The Morgan fingerprint density at radius 3 is 2.28 bits per heavy atom. The molecule has 1 aliphatic rings. The van der Waals surface area contributed by atoms with Gasteiger partial charge >= 0.3 is 0 Å². The van der Waals surface area contributed by atoms with Crippen LogP contribution in [0.2, 0.25) is 0 Å². The van der Waals surface area contributed by atoms with Crippen LogP contribution in [-0.4, -0.2) is 4.98 Å². The van der Waals surface area contributed by atoms with Crippen LogP contribution in [0.4, 0.5) is 0 Å². The SMILES string of the molecule is Cc1cc2c(c(-c3nc(CC(C)C)cc4c(CC(C)C)cccc34)c1)Cc1ccccc1-2. The molecule has 0 aliphatic heterocycles. The summed E-state index contributed by atoms with van der Waals surface area (Å²) in [5, 5.41) is 2.67. The summed E-state index contributed by atoms with van der Waals surface area (Å²) in [4.78, 5) is 5.31. The average molecular weight is 420 g/mol. The number of hydrogen-bond donors (Lipinski definition) is 0. The van der Waals surface area contributed by atoms with E-state index < -0.39 is 0 Å². The minimum atomic E-state index is 0.581. The first-order chi connectivity index (χ1) is 15.4. The van der Waals surface area contributed by atoms with E-state index in [1.54, 1.807) is 0 Å². The van der Waals surface area contributed by atoms with Gasteiger partial charge in [0.05, 0.1) is 5.69 Å². The average Bonchev–Trinajstić information content (AvgIpc) is 3.11. The van der Waals surface area contributed by atoms with Crippen LogP contribution in [0.1, 0.15) is 55.6 Å². The van der Waals surface area contributed by atoms with E-state index in [0.717, 1.165) is 25.0 Å². The number of rotatable bonds is 5. The maximum absolute atomic E-state index is 5.31. The highest BCUT2D eigenvalue weighted by Crippen LogP contribution is 2.43. The van der Waals surface area contributed by atoms with E-state index in [1.165, 1.54) is 55.4 Å². The Kier molecular flexibility index (Phi) is 5.37. The van der Waals surface area contributed by atoms with E-state index in [1.807, 2.05) is 0 Å². The lowest BCUT2D eigenvalue weighted by atomic mass is 9.90. The summed E-state index contributed by atoms with van der Waals surface area (Å²) in [5.41, 5.74) is 12.1. The zero-order chi connectivity index (χ0) is 22.4. The molecule has 0 unspecified atom stereocenters. The second-order valence-corrected chi connectivity index (χ2v) is 10.3. The smallest absolute Gasteiger partial charge is 0.0786 e. The number of fused-ring (bicyclic) bond motifs is 4. The van der Waals surface area contributed by atoms with Crippen LogP contribution in [0.25, 0.3) is 33.2 Å². The molecule has 0 atom stereocenters. The predicted molar refractivity (Wildman–Crippen MR) is 137 cm³/mol. The molecule has 5 rings (SSSR count). The highest BCUT2D eigenvalue weighted by molar-refractivity contribution is 5.99. The van der Waals surface area contributed by atoms with Gasteiger partial charge in [-0.05, 0) is 88.9 Å². The van der Waals surface area contributed by atoms with Gasteiger partial charge in [0, 0.05) is 16.6 Å². The van der Waals surface area contributed by atoms with Crippen LogP contribution in [-0.2, 0) is 19.3 Å². The zero-order valence-electron chi connectivity index (χ0n) is 20.0. The van der Waals surface area contributed by atoms with Gasteiger partial charge in [-0.2, -0.15) is 0 Å². The second-order valence-electron chi connectivity index (χ2n) is 10.3. The van der Waals surface area contributed by atoms with E-state index in [4.69, 9.17) is 4.98 Å². The molecule has 0 bridgehead atoms. The normalized spacial score (nSPS) is 12.6. The Morgan fingerprint density at radius 1 is 0.750 bits per heavy atom. The summed E-state index contributed by atoms with van der Waals surface area (Å²) in [6.07, 6.45) is 3.09. The van der Waals surface area contributed by atoms with Crippen LogP contribution < -0.4 is 0 Å². The van der Waals surface area contributed by atoms with Crippen LogP contribution in [0, 0.1) is 18.8 Å². The van der Waals surface area contributed by atoms with Crippen molar-refractivity contribution in [2.75, 3.05) is 0 Å². The maximum atomic E-state index is 5.31. The van der Waals surface area contributed by atoms with Crippen molar-refractivity contribution in [3.05, 3.63) is 88.6 Å². The Morgan fingerprint density at radius 2 is 1.50 bits per heavy atom. The van der Waals surface area contributed by atoms with E-state index in [-0.39, 0.29) is 0 Å². The van der Waals surface area contributed by atoms with Crippen LogP contribution in [0.15, 0.2) is 60.7 Å². The summed E-state index contributed by atoms with van der Waals surface area (Å²) in [5.74, 6) is 1.21. The lowest BCUT2D eigenvalue weighted by Gasteiger charge is -2.17. The molecule has 0 saturated heterocycles. The molecule has 1 aromatic heterocycles. The van der Waals surface area contributed by atoms with Gasteiger partial charge in [0.2, 0.25) is 0 Å². The van der Waals surface area contributed by atoms with E-state index in [2.05, 4.69) is 95.3 Å². The Bertz CT molecular complexity index is 1310. The van der Waals surface area contributed by atoms with E-state index in [0.29, 0.717) is 11.8 Å². The first-order valence-electron chi connectivity index (χ1n) is 12.0. The summed E-state index contributed by atoms with van der Waals surface area (Å²) in [6.45, 7) is 11.4. The van der Waals surface area contributed by atoms with Gasteiger partial charge in [0.1, 0.15) is 0 Å². The maximum Gasteiger partial charge on any atom is 0.0786 e. The fourth-order valence-electron chi connectivity index (χ4n) is 5.32. The zero-order valence-corrected chi connectivity index (χ0v) is 20.0. The number of pyridine rings is 1. The van der Waals surface area contributed by atoms with Crippen molar-refractivity contribution in [1.82, 2.24) is 4.98 Å². The lowest BCUT2D eigenvalue weighted by molar-refractivity contribution is 0.636. The Hall–Kier alpha value is -2.93. The van der Waals surface area contributed by atoms with Gasteiger partial charge in [0.15, 0.2) is 0 Å². The molecule has 0 fully saturated rings. The first-order valence-corrected chi connectivity index (χ1v) is 12.0. The fourth-order valence-corrected chi connectivity index (χ4v) is 5.32. The summed E-state index contributed by atoms with van der Waals surface area (Å²) < 4.78 is 0. The van der Waals surface area contributed by atoms with Gasteiger partial charge < -0.3 is 0 Å². The molecular weight excluding hydrogens is 386 g/mol. The van der Waals surface area contributed by atoms with Crippen molar-refractivity contribution in [1.29, 1.82) is 0 Å². The fraction of sp³-hybridized carbons (Fsp3) is 0.323. The Labute approximate surface area is 192 Å². The third kappa shape index (κ3) is 3.75. The van der Waals surface area contributed by atoms with Gasteiger partial charge in [-0.3, -0.25) is 4.98 Å². The van der Waals surface area contributed by atoms with Crippen molar-refractivity contribution >= 4 is 10.8 Å². The number of benzene rings is 3. The van der Waals surface area contributed by atoms with Gasteiger partial charge in [0.25, 0.3) is 0 Å². The van der Waals surface area contributed by atoms with E-state index >= 15 is 0 Å². The third-order valence-corrected chi connectivity index (χ3v) is 6.59. The highest BCUT2D eigenvalue weighted by atomic mass is 14.7. The molecular formula is C31H33N. The number of hydrogen-bond acceptors (Lipinski definition) is 1. The minimum Gasteiger partial charge on any atom is -0.252 e. The largest absolute Gasteiger partial charge is 0.252 e. The molecule has 4 aromatic rings. The van der Waals surface area contributed by atoms with Crippen molar-refractivity contribution in [2.24, 2.45) is 11.8 Å². The number of aromatic nitrogens is 1. The molecule has 1 nitrogen and oxygen atoms in total. The molecule has 162 valence electrons. The standard InChI is InChI=1S/C31H33N/c1-19(2)13-22-10-8-12-26-27(22)18-24(14-20(3)4)32-31(26)30-16-21(5)15-28-25-11-7-6-9-23(25)17-29(28)30/h6-12,15-16,18-20H,13-14,17H2,1-5H3. The lowest BCUT2D eigenvalue weighted by Crippen LogP contribution is -2.03. The molecule has 0 saturated carbocycles. The Balaban J connectivity index is 1.79. The van der Waals surface area contributed by atoms with Crippen LogP contribution in [0.3, 0.4) is 0 Å². The van der Waals surface area contributed by atoms with Crippen molar-refractivity contribution in [2.45, 2.75) is 53.9 Å². The molecule has 3 aromatic carbocycles. The summed E-state index contributed by atoms with van der Waals surface area (Å²) in [7, 11) is 0. The van der Waals surface area contributed by atoms with Crippen LogP contribution in [0.5, 0.6) is 0 Å². The molecule has 0 spiro atoms. The molecule has 1 aliphatic carbocycles. The topological polar surface area (TPSA) is 12.9 Å². The number of aryl methyl sites for hydroxylation is 1. The number of nitrogens with zero attached hydrogens (tertiary/aromatic N) is 1. The molecule has 1 heterocycles. The van der Waals surface area contributed by atoms with E-state index in [9.17, 15) is 0 Å². The first kappa shape index (κ1) is 20.9. The highest BCUT2D eigenvalue weighted by Gasteiger charge is 2.24. The van der Waals surface area contributed by atoms with Crippen molar-refractivity contribution in [3.8, 4) is 22.4 Å². The molecule has 0 radical (unpaired) electrons. The second kappa shape index (κ2) is 8.20. The van der Waals surface area contributed by atoms with Gasteiger partial charge in [-0.15, -0.1) is 0 Å². The van der Waals surface area contributed by atoms with Gasteiger partial charge in [-0.1, -0.05) is 76.2 Å². The molecule has 0 N–H and O–H groups in total. The predicted octanol–water partition coefficient (Wildman–Crippen LogP) is 8.18. The molecule has 0 amide bonds. The summed E-state index contributed by atoms with van der Waals surface area (Å²) in [6, 6.07) is 22.7. The quantitative estimate of drug-likeness (QED) is 0.280. The van der Waals surface area contributed by atoms with Crippen molar-refractivity contribution in [3.63, 3.8) is 0 Å². The van der Waals surface area contributed by atoms with Crippen LogP contribution >= 0.6 is 0 Å². The van der Waals surface area contributed by atoms with Crippen molar-refractivity contribution < 1.29 is 0 Å². The summed E-state index contributed by atoms with van der Waals surface area (Å²) >= 11 is 0.